The van der Waals surface area contributed by atoms with Gasteiger partial charge in [0.25, 0.3) is 0 Å². The van der Waals surface area contributed by atoms with Crippen LogP contribution in [0.25, 0.3) is 0 Å². The number of hydrogen-bond acceptors (Lipinski definition) is 2. The van der Waals surface area contributed by atoms with Gasteiger partial charge in [0.15, 0.2) is 0 Å². The molecule has 0 aromatic carbocycles. The molecule has 0 heterocycles. The molecule has 1 fully saturated rings. The fourth-order valence-corrected chi connectivity index (χ4v) is 4.80. The van der Waals surface area contributed by atoms with Crippen molar-refractivity contribution in [1.29, 1.82) is 0 Å². The molecule has 1 saturated carbocycles. The van der Waals surface area contributed by atoms with Crippen molar-refractivity contribution in [3.8, 4) is 0 Å². The van der Waals surface area contributed by atoms with E-state index in [2.05, 4.69) is 37.8 Å². The monoisotopic (exact) mass is 500 g/mol. The second-order valence-electron chi connectivity index (χ2n) is 10.7. The van der Waals surface area contributed by atoms with Gasteiger partial charge < -0.3 is 4.74 Å². The fourth-order valence-electron chi connectivity index (χ4n) is 4.80. The summed E-state index contributed by atoms with van der Waals surface area (Å²) >= 11 is 0. The number of unbranched alkanes of at least 4 members (excludes halogenated alkanes) is 10. The SMILES string of the molecule is C/C=C\CCCC(=O)OC(C)C.C=C/C(=C\C=C/C)CCCCCCCCCCCCC1CCCC1. The van der Waals surface area contributed by atoms with Crippen molar-refractivity contribution >= 4 is 5.97 Å². The number of hydrogen-bond donors (Lipinski definition) is 0. The summed E-state index contributed by atoms with van der Waals surface area (Å²) in [4.78, 5) is 11.0. The second-order valence-corrected chi connectivity index (χ2v) is 10.7. The molecular formula is C34H60O2. The molecule has 0 atom stereocenters. The van der Waals surface area contributed by atoms with E-state index in [-0.39, 0.29) is 12.1 Å². The minimum Gasteiger partial charge on any atom is -0.463 e. The third-order valence-electron chi connectivity index (χ3n) is 6.92. The van der Waals surface area contributed by atoms with Crippen LogP contribution in [0.5, 0.6) is 0 Å². The lowest BCUT2D eigenvalue weighted by atomic mass is 9.98. The van der Waals surface area contributed by atoms with Gasteiger partial charge in [-0.2, -0.15) is 0 Å². The Morgan fingerprint density at radius 2 is 1.42 bits per heavy atom. The van der Waals surface area contributed by atoms with Crippen molar-refractivity contribution in [3.05, 3.63) is 48.6 Å². The Labute approximate surface area is 225 Å². The number of carbonyl (C=O) groups excluding carboxylic acids is 1. The van der Waals surface area contributed by atoms with Crippen molar-refractivity contribution in [1.82, 2.24) is 0 Å². The minimum absolute atomic E-state index is 0.0132. The van der Waals surface area contributed by atoms with Crippen molar-refractivity contribution in [2.45, 2.75) is 156 Å². The van der Waals surface area contributed by atoms with Crippen LogP contribution in [0.15, 0.2) is 48.6 Å². The summed E-state index contributed by atoms with van der Waals surface area (Å²) < 4.78 is 4.97. The van der Waals surface area contributed by atoms with E-state index >= 15 is 0 Å². The normalized spacial score (nSPS) is 14.5. The predicted octanol–water partition coefficient (Wildman–Crippen LogP) is 11.2. The van der Waals surface area contributed by atoms with Crippen LogP contribution in [-0.2, 0) is 9.53 Å². The summed E-state index contributed by atoms with van der Waals surface area (Å²) in [5, 5.41) is 0. The molecule has 0 aromatic heterocycles. The van der Waals surface area contributed by atoms with Crippen LogP contribution in [-0.4, -0.2) is 12.1 Å². The highest BCUT2D eigenvalue weighted by Crippen LogP contribution is 2.29. The summed E-state index contributed by atoms with van der Waals surface area (Å²) in [5.41, 5.74) is 1.38. The van der Waals surface area contributed by atoms with Gasteiger partial charge in [0.1, 0.15) is 0 Å². The maximum Gasteiger partial charge on any atom is 0.306 e. The fraction of sp³-hybridized carbons (Fsp3) is 0.735. The molecule has 0 bridgehead atoms. The summed E-state index contributed by atoms with van der Waals surface area (Å²) in [7, 11) is 0. The summed E-state index contributed by atoms with van der Waals surface area (Å²) in [6, 6.07) is 0. The standard InChI is InChI=1S/C24H42.C10H18O2/c1-3-5-18-23(4-2)19-14-12-10-8-6-7-9-11-13-15-20-24-21-16-17-22-24;1-4-5-6-7-8-10(11)12-9(2)3/h3-5,18,24H,2,6-17,19-22H2,1H3;4-5,9H,6-8H2,1-3H3/b5-3-,23-18+;5-4-. The van der Waals surface area contributed by atoms with Crippen LogP contribution in [0, 0.1) is 5.92 Å². The molecule has 0 radical (unpaired) electrons. The summed E-state index contributed by atoms with van der Waals surface area (Å²) in [5.74, 6) is 1.01. The highest BCUT2D eigenvalue weighted by atomic mass is 16.5. The van der Waals surface area contributed by atoms with Crippen LogP contribution in [0.2, 0.25) is 0 Å². The first-order chi connectivity index (χ1) is 17.5. The third-order valence-corrected chi connectivity index (χ3v) is 6.92. The number of carbonyl (C=O) groups is 1. The number of rotatable bonds is 20. The van der Waals surface area contributed by atoms with Gasteiger partial charge in [0.05, 0.1) is 6.10 Å². The molecule has 0 unspecified atom stereocenters. The van der Waals surface area contributed by atoms with Crippen LogP contribution < -0.4 is 0 Å². The average molecular weight is 501 g/mol. The molecule has 1 rings (SSSR count). The molecule has 2 nitrogen and oxygen atoms in total. The molecule has 0 aliphatic heterocycles. The Morgan fingerprint density at radius 3 is 1.94 bits per heavy atom. The van der Waals surface area contributed by atoms with E-state index in [0.29, 0.717) is 6.42 Å². The molecule has 208 valence electrons. The average Bonchev–Trinajstić information content (AvgIpc) is 3.38. The van der Waals surface area contributed by atoms with Crippen LogP contribution >= 0.6 is 0 Å². The van der Waals surface area contributed by atoms with Crippen molar-refractivity contribution in [2.75, 3.05) is 0 Å². The summed E-state index contributed by atoms with van der Waals surface area (Å²) in [6.07, 6.45) is 38.0. The molecule has 0 spiro atoms. The van der Waals surface area contributed by atoms with Crippen molar-refractivity contribution in [3.63, 3.8) is 0 Å². The van der Waals surface area contributed by atoms with E-state index < -0.39 is 0 Å². The lowest BCUT2D eigenvalue weighted by molar-refractivity contribution is -0.147. The molecule has 2 heteroatoms. The molecule has 0 amide bonds. The molecule has 0 aromatic rings. The quantitative estimate of drug-likeness (QED) is 0.0719. The summed E-state index contributed by atoms with van der Waals surface area (Å²) in [6.45, 7) is 11.7. The largest absolute Gasteiger partial charge is 0.463 e. The van der Waals surface area contributed by atoms with Crippen LogP contribution in [0.3, 0.4) is 0 Å². The topological polar surface area (TPSA) is 26.3 Å². The predicted molar refractivity (Wildman–Crippen MR) is 160 cm³/mol. The first-order valence-electron chi connectivity index (χ1n) is 15.3. The van der Waals surface area contributed by atoms with E-state index in [0.717, 1.165) is 18.8 Å². The Bertz CT molecular complexity index is 590. The highest BCUT2D eigenvalue weighted by molar-refractivity contribution is 5.69. The molecular weight excluding hydrogens is 440 g/mol. The Balaban J connectivity index is 0.000000860. The number of allylic oxidation sites excluding steroid dienone is 7. The minimum atomic E-state index is -0.0884. The zero-order chi connectivity index (χ0) is 26.7. The van der Waals surface area contributed by atoms with Gasteiger partial charge in [-0.3, -0.25) is 4.79 Å². The third kappa shape index (κ3) is 24.1. The zero-order valence-electron chi connectivity index (χ0n) is 24.6. The van der Waals surface area contributed by atoms with Crippen LogP contribution in [0.1, 0.15) is 150 Å². The van der Waals surface area contributed by atoms with Gasteiger partial charge in [0, 0.05) is 6.42 Å². The lowest BCUT2D eigenvalue weighted by Crippen LogP contribution is -2.10. The van der Waals surface area contributed by atoms with Gasteiger partial charge in [0.2, 0.25) is 0 Å². The molecule has 0 saturated heterocycles. The number of ether oxygens (including phenoxy) is 1. The van der Waals surface area contributed by atoms with Crippen molar-refractivity contribution in [2.24, 2.45) is 5.92 Å². The molecule has 36 heavy (non-hydrogen) atoms. The van der Waals surface area contributed by atoms with Crippen molar-refractivity contribution < 1.29 is 9.53 Å². The number of esters is 1. The van der Waals surface area contributed by atoms with Gasteiger partial charge in [-0.1, -0.05) is 133 Å². The molecule has 1 aliphatic carbocycles. The van der Waals surface area contributed by atoms with E-state index in [1.54, 1.807) is 0 Å². The van der Waals surface area contributed by atoms with Gasteiger partial charge in [-0.15, -0.1) is 0 Å². The smallest absolute Gasteiger partial charge is 0.306 e. The first kappa shape index (κ1) is 34.4. The van der Waals surface area contributed by atoms with Gasteiger partial charge in [-0.05, 0) is 64.9 Å². The first-order valence-corrected chi connectivity index (χ1v) is 15.3. The van der Waals surface area contributed by atoms with E-state index in [1.165, 1.54) is 108 Å². The van der Waals surface area contributed by atoms with Crippen LogP contribution in [0.4, 0.5) is 0 Å². The molecule has 1 aliphatic rings. The Morgan fingerprint density at radius 1 is 0.833 bits per heavy atom. The van der Waals surface area contributed by atoms with E-state index in [9.17, 15) is 4.79 Å². The zero-order valence-corrected chi connectivity index (χ0v) is 24.6. The maximum absolute atomic E-state index is 11.0. The Kier molecular flexibility index (Phi) is 25.3. The molecule has 0 N–H and O–H groups in total. The lowest BCUT2D eigenvalue weighted by Gasteiger charge is -2.08. The Hall–Kier alpha value is -1.57. The highest BCUT2D eigenvalue weighted by Gasteiger charge is 2.13. The van der Waals surface area contributed by atoms with Gasteiger partial charge >= 0.3 is 5.97 Å². The second kappa shape index (κ2) is 26.5. The van der Waals surface area contributed by atoms with E-state index in [4.69, 9.17) is 4.74 Å². The van der Waals surface area contributed by atoms with E-state index in [1.807, 2.05) is 32.9 Å². The van der Waals surface area contributed by atoms with Gasteiger partial charge in [-0.25, -0.2) is 0 Å². The maximum atomic E-state index is 11.0.